The van der Waals surface area contributed by atoms with Crippen LogP contribution in [0.15, 0.2) is 18.2 Å². The Morgan fingerprint density at radius 1 is 1.53 bits per heavy atom. The lowest BCUT2D eigenvalue weighted by molar-refractivity contribution is -0.143. The molecule has 1 aromatic rings. The minimum atomic E-state index is -0.390. The minimum absolute atomic E-state index is 0. The number of esters is 1. The van der Waals surface area contributed by atoms with Gasteiger partial charge in [-0.25, -0.2) is 0 Å². The highest BCUT2D eigenvalue weighted by atomic mass is 35.5. The first-order valence-corrected chi connectivity index (χ1v) is 5.25. The summed E-state index contributed by atoms with van der Waals surface area (Å²) in [5, 5.41) is 9.36. The van der Waals surface area contributed by atoms with Gasteiger partial charge in [0, 0.05) is 6.04 Å². The maximum absolute atomic E-state index is 11.2. The maximum atomic E-state index is 11.2. The van der Waals surface area contributed by atoms with E-state index in [2.05, 4.69) is 0 Å². The van der Waals surface area contributed by atoms with Gasteiger partial charge in [-0.1, -0.05) is 12.1 Å². The quantitative estimate of drug-likeness (QED) is 0.812. The van der Waals surface area contributed by atoms with E-state index in [1.807, 2.05) is 0 Å². The fourth-order valence-corrected chi connectivity index (χ4v) is 1.43. The Labute approximate surface area is 107 Å². The zero-order valence-corrected chi connectivity index (χ0v) is 10.8. The van der Waals surface area contributed by atoms with Gasteiger partial charge in [0.05, 0.1) is 13.0 Å². The molecule has 0 amide bonds. The normalized spacial score (nSPS) is 11.5. The third-order valence-electron chi connectivity index (χ3n) is 2.34. The molecule has 1 rings (SSSR count). The van der Waals surface area contributed by atoms with Crippen LogP contribution in [0.3, 0.4) is 0 Å². The monoisotopic (exact) mass is 259 g/mol. The average molecular weight is 260 g/mol. The smallest absolute Gasteiger partial charge is 0.307 e. The molecule has 0 heterocycles. The molecule has 96 valence electrons. The molecule has 0 aliphatic carbocycles. The first-order valence-electron chi connectivity index (χ1n) is 5.25. The lowest BCUT2D eigenvalue weighted by Gasteiger charge is -2.12. The Bertz CT molecular complexity index is 382. The van der Waals surface area contributed by atoms with Crippen LogP contribution in [-0.4, -0.2) is 17.7 Å². The van der Waals surface area contributed by atoms with Crippen molar-refractivity contribution in [3.63, 3.8) is 0 Å². The first-order chi connectivity index (χ1) is 7.54. The van der Waals surface area contributed by atoms with Crippen LogP contribution in [0, 0.1) is 6.92 Å². The van der Waals surface area contributed by atoms with Crippen LogP contribution in [0.2, 0.25) is 0 Å². The predicted octanol–water partition coefficient (Wildman–Crippen LogP) is 2.08. The lowest BCUT2D eigenvalue weighted by Crippen LogP contribution is -2.17. The van der Waals surface area contributed by atoms with E-state index in [1.165, 1.54) is 0 Å². The number of phenolic OH excluding ortho intramolecular Hbond substituents is 1. The van der Waals surface area contributed by atoms with Crippen molar-refractivity contribution in [1.82, 2.24) is 0 Å². The van der Waals surface area contributed by atoms with Crippen LogP contribution in [0.1, 0.15) is 30.5 Å². The number of aromatic hydroxyl groups is 1. The van der Waals surface area contributed by atoms with Gasteiger partial charge in [-0.2, -0.15) is 0 Å². The summed E-state index contributed by atoms with van der Waals surface area (Å²) in [5.41, 5.74) is 7.43. The topological polar surface area (TPSA) is 72.5 Å². The van der Waals surface area contributed by atoms with Gasteiger partial charge in [-0.05, 0) is 31.0 Å². The molecule has 0 aromatic heterocycles. The van der Waals surface area contributed by atoms with Crippen LogP contribution in [0.4, 0.5) is 0 Å². The number of aryl methyl sites for hydroxylation is 1. The summed E-state index contributed by atoms with van der Waals surface area (Å²) in [5.74, 6) is -0.0761. The van der Waals surface area contributed by atoms with Crippen molar-refractivity contribution in [1.29, 1.82) is 0 Å². The zero-order chi connectivity index (χ0) is 12.1. The van der Waals surface area contributed by atoms with E-state index in [1.54, 1.807) is 32.0 Å². The van der Waals surface area contributed by atoms with Crippen molar-refractivity contribution in [2.24, 2.45) is 5.73 Å². The molecule has 0 fully saturated rings. The van der Waals surface area contributed by atoms with Gasteiger partial charge >= 0.3 is 5.97 Å². The number of carbonyl (C=O) groups excluding carboxylic acids is 1. The molecule has 0 aliphatic rings. The molecule has 1 atom stereocenters. The van der Waals surface area contributed by atoms with Crippen molar-refractivity contribution in [2.75, 3.05) is 6.61 Å². The molecular weight excluding hydrogens is 242 g/mol. The standard InChI is InChI=1S/C12H17NO3.ClH/c1-3-16-12(15)7-10(13)9-4-5-11(14)8(2)6-9;/h4-6,10,14H,3,7,13H2,1-2H3;1H/t10-;/m1./s1. The number of benzene rings is 1. The van der Waals surface area contributed by atoms with Gasteiger partial charge in [-0.15, -0.1) is 12.4 Å². The molecule has 0 unspecified atom stereocenters. The molecule has 0 bridgehead atoms. The summed E-state index contributed by atoms with van der Waals surface area (Å²) < 4.78 is 4.82. The highest BCUT2D eigenvalue weighted by Gasteiger charge is 2.13. The van der Waals surface area contributed by atoms with Crippen molar-refractivity contribution in [3.8, 4) is 5.75 Å². The number of ether oxygens (including phenoxy) is 1. The third kappa shape index (κ3) is 4.63. The Hall–Kier alpha value is -1.26. The van der Waals surface area contributed by atoms with E-state index < -0.39 is 6.04 Å². The van der Waals surface area contributed by atoms with E-state index in [9.17, 15) is 9.90 Å². The largest absolute Gasteiger partial charge is 0.508 e. The highest BCUT2D eigenvalue weighted by molar-refractivity contribution is 5.85. The van der Waals surface area contributed by atoms with Gasteiger partial charge in [0.15, 0.2) is 0 Å². The lowest BCUT2D eigenvalue weighted by atomic mass is 10.0. The summed E-state index contributed by atoms with van der Waals surface area (Å²) >= 11 is 0. The Kier molecular flexibility index (Phi) is 6.61. The molecular formula is C12H18ClNO3. The maximum Gasteiger partial charge on any atom is 0.307 e. The molecule has 0 spiro atoms. The second-order valence-electron chi connectivity index (χ2n) is 3.66. The fourth-order valence-electron chi connectivity index (χ4n) is 1.43. The SMILES string of the molecule is CCOC(=O)C[C@@H](N)c1ccc(O)c(C)c1.Cl. The Balaban J connectivity index is 0.00000256. The van der Waals surface area contributed by atoms with E-state index >= 15 is 0 Å². The molecule has 1 aromatic carbocycles. The van der Waals surface area contributed by atoms with Gasteiger partial charge in [0.2, 0.25) is 0 Å². The van der Waals surface area contributed by atoms with E-state index in [-0.39, 0.29) is 30.5 Å². The predicted molar refractivity (Wildman–Crippen MR) is 68.3 cm³/mol. The number of carbonyl (C=O) groups is 1. The van der Waals surface area contributed by atoms with Crippen LogP contribution in [0.25, 0.3) is 0 Å². The molecule has 0 radical (unpaired) electrons. The van der Waals surface area contributed by atoms with Crippen LogP contribution < -0.4 is 5.73 Å². The van der Waals surface area contributed by atoms with E-state index in [4.69, 9.17) is 10.5 Å². The Morgan fingerprint density at radius 2 is 2.18 bits per heavy atom. The van der Waals surface area contributed by atoms with Crippen molar-refractivity contribution < 1.29 is 14.6 Å². The molecule has 0 aliphatic heterocycles. The molecule has 3 N–H and O–H groups in total. The molecule has 0 saturated heterocycles. The second kappa shape index (κ2) is 7.14. The number of halogens is 1. The van der Waals surface area contributed by atoms with Gasteiger partial charge in [0.25, 0.3) is 0 Å². The summed E-state index contributed by atoms with van der Waals surface area (Å²) in [7, 11) is 0. The second-order valence-corrected chi connectivity index (χ2v) is 3.66. The van der Waals surface area contributed by atoms with Crippen molar-refractivity contribution >= 4 is 18.4 Å². The fraction of sp³-hybridized carbons (Fsp3) is 0.417. The molecule has 4 nitrogen and oxygen atoms in total. The van der Waals surface area contributed by atoms with Gasteiger partial charge in [-0.3, -0.25) is 4.79 Å². The minimum Gasteiger partial charge on any atom is -0.508 e. The summed E-state index contributed by atoms with van der Waals surface area (Å²) in [6.45, 7) is 3.91. The number of hydrogen-bond acceptors (Lipinski definition) is 4. The summed E-state index contributed by atoms with van der Waals surface area (Å²) in [6, 6.07) is 4.68. The molecule has 0 saturated carbocycles. The summed E-state index contributed by atoms with van der Waals surface area (Å²) in [4.78, 5) is 11.2. The number of hydrogen-bond donors (Lipinski definition) is 2. The van der Waals surface area contributed by atoms with Crippen LogP contribution in [-0.2, 0) is 9.53 Å². The number of nitrogens with two attached hydrogens (primary N) is 1. The third-order valence-corrected chi connectivity index (χ3v) is 2.34. The van der Waals surface area contributed by atoms with Crippen LogP contribution >= 0.6 is 12.4 Å². The molecule has 17 heavy (non-hydrogen) atoms. The van der Waals surface area contributed by atoms with Crippen molar-refractivity contribution in [3.05, 3.63) is 29.3 Å². The van der Waals surface area contributed by atoms with Gasteiger partial charge in [0.1, 0.15) is 5.75 Å². The average Bonchev–Trinajstić information content (AvgIpc) is 2.22. The number of rotatable bonds is 4. The summed E-state index contributed by atoms with van der Waals surface area (Å²) in [6.07, 6.45) is 0.151. The van der Waals surface area contributed by atoms with Crippen LogP contribution in [0.5, 0.6) is 5.75 Å². The van der Waals surface area contributed by atoms with E-state index in [0.717, 1.165) is 11.1 Å². The Morgan fingerprint density at radius 3 is 2.71 bits per heavy atom. The van der Waals surface area contributed by atoms with E-state index in [0.29, 0.717) is 6.61 Å². The van der Waals surface area contributed by atoms with Crippen molar-refractivity contribution in [2.45, 2.75) is 26.3 Å². The zero-order valence-electron chi connectivity index (χ0n) is 9.97. The first kappa shape index (κ1) is 15.7. The highest BCUT2D eigenvalue weighted by Crippen LogP contribution is 2.22. The number of phenols is 1. The molecule has 5 heteroatoms. The van der Waals surface area contributed by atoms with Gasteiger partial charge < -0.3 is 15.6 Å².